The second-order valence-corrected chi connectivity index (χ2v) is 3.25. The van der Waals surface area contributed by atoms with E-state index in [0.717, 1.165) is 19.1 Å². The van der Waals surface area contributed by atoms with Crippen LogP contribution in [-0.2, 0) is 0 Å². The molecule has 1 aromatic heterocycles. The summed E-state index contributed by atoms with van der Waals surface area (Å²) < 4.78 is 4.82. The van der Waals surface area contributed by atoms with Crippen LogP contribution >= 0.6 is 0 Å². The highest BCUT2D eigenvalue weighted by atomic mass is 16.4. The monoisotopic (exact) mass is 195 g/mol. The fourth-order valence-electron chi connectivity index (χ4n) is 1.05. The quantitative estimate of drug-likeness (QED) is 0.749. The molecule has 0 bridgehead atoms. The van der Waals surface area contributed by atoms with Crippen LogP contribution in [0.5, 0.6) is 0 Å². The van der Waals surface area contributed by atoms with E-state index >= 15 is 0 Å². The van der Waals surface area contributed by atoms with Gasteiger partial charge in [-0.05, 0) is 12.8 Å². The van der Waals surface area contributed by atoms with Crippen LogP contribution < -0.4 is 5.32 Å². The Labute approximate surface area is 79.7 Å². The van der Waals surface area contributed by atoms with Gasteiger partial charge in [0.05, 0.1) is 5.56 Å². The van der Waals surface area contributed by atoms with Gasteiger partial charge in [-0.2, -0.15) is 0 Å². The Morgan fingerprint density at radius 3 is 2.71 bits per heavy atom. The number of nitrogens with one attached hydrogen (secondary N) is 1. The van der Waals surface area contributed by atoms with Gasteiger partial charge in [0.25, 0.3) is 5.91 Å². The van der Waals surface area contributed by atoms with E-state index in [-0.39, 0.29) is 23.3 Å². The standard InChI is InChI=1S/C9H9NO4/c11-8(10-6-1-2-6)7-3-5(4-14-7)9(12)13/h3-4,6H,1-2H2,(H,10,11)(H,12,13). The maximum atomic E-state index is 11.3. The molecule has 5 nitrogen and oxygen atoms in total. The molecule has 1 fully saturated rings. The molecule has 0 aliphatic heterocycles. The van der Waals surface area contributed by atoms with Crippen molar-refractivity contribution in [2.24, 2.45) is 0 Å². The fraction of sp³-hybridized carbons (Fsp3) is 0.333. The molecule has 0 saturated heterocycles. The van der Waals surface area contributed by atoms with E-state index in [1.54, 1.807) is 0 Å². The summed E-state index contributed by atoms with van der Waals surface area (Å²) in [5.74, 6) is -1.39. The summed E-state index contributed by atoms with van der Waals surface area (Å²) in [6.45, 7) is 0. The van der Waals surface area contributed by atoms with Crippen molar-refractivity contribution in [3.8, 4) is 0 Å². The highest BCUT2D eigenvalue weighted by Gasteiger charge is 2.25. The summed E-state index contributed by atoms with van der Waals surface area (Å²) in [7, 11) is 0. The van der Waals surface area contributed by atoms with Gasteiger partial charge in [0.1, 0.15) is 6.26 Å². The predicted octanol–water partition coefficient (Wildman–Crippen LogP) is 0.870. The zero-order valence-corrected chi connectivity index (χ0v) is 7.32. The molecule has 2 N–H and O–H groups in total. The second kappa shape index (κ2) is 3.17. The molecule has 2 rings (SSSR count). The number of aromatic carboxylic acids is 1. The number of hydrogen-bond acceptors (Lipinski definition) is 3. The lowest BCUT2D eigenvalue weighted by atomic mass is 10.3. The molecule has 0 unspecified atom stereocenters. The topological polar surface area (TPSA) is 79.5 Å². The van der Waals surface area contributed by atoms with Crippen molar-refractivity contribution in [3.05, 3.63) is 23.7 Å². The van der Waals surface area contributed by atoms with Crippen LogP contribution in [0.3, 0.4) is 0 Å². The summed E-state index contributed by atoms with van der Waals surface area (Å²) >= 11 is 0. The van der Waals surface area contributed by atoms with Gasteiger partial charge in [0.2, 0.25) is 0 Å². The minimum Gasteiger partial charge on any atom is -0.478 e. The van der Waals surface area contributed by atoms with Crippen molar-refractivity contribution in [2.75, 3.05) is 0 Å². The summed E-state index contributed by atoms with van der Waals surface area (Å²) in [5, 5.41) is 11.3. The minimum absolute atomic E-state index is 0.00838. The number of amides is 1. The summed E-state index contributed by atoms with van der Waals surface area (Å²) in [4.78, 5) is 21.8. The summed E-state index contributed by atoms with van der Waals surface area (Å²) in [6, 6.07) is 1.46. The van der Waals surface area contributed by atoms with E-state index in [1.807, 2.05) is 0 Å². The lowest BCUT2D eigenvalue weighted by Crippen LogP contribution is -2.24. The Balaban J connectivity index is 2.07. The van der Waals surface area contributed by atoms with Gasteiger partial charge in [-0.1, -0.05) is 0 Å². The molecular formula is C9H9NO4. The van der Waals surface area contributed by atoms with Gasteiger partial charge in [-0.3, -0.25) is 4.79 Å². The number of rotatable bonds is 3. The third-order valence-electron chi connectivity index (χ3n) is 1.98. The number of carbonyl (C=O) groups is 2. The van der Waals surface area contributed by atoms with Gasteiger partial charge in [-0.15, -0.1) is 0 Å². The zero-order valence-electron chi connectivity index (χ0n) is 7.32. The lowest BCUT2D eigenvalue weighted by molar-refractivity contribution is 0.0696. The average Bonchev–Trinajstić information content (AvgIpc) is 2.81. The molecule has 14 heavy (non-hydrogen) atoms. The van der Waals surface area contributed by atoms with Gasteiger partial charge in [-0.25, -0.2) is 4.79 Å². The number of hydrogen-bond donors (Lipinski definition) is 2. The molecule has 74 valence electrons. The maximum absolute atomic E-state index is 11.3. The normalized spacial score (nSPS) is 15.1. The largest absolute Gasteiger partial charge is 0.478 e. The van der Waals surface area contributed by atoms with Crippen molar-refractivity contribution in [1.82, 2.24) is 5.32 Å². The van der Waals surface area contributed by atoms with E-state index in [4.69, 9.17) is 9.52 Å². The number of furan rings is 1. The molecule has 0 spiro atoms. The minimum atomic E-state index is -1.10. The summed E-state index contributed by atoms with van der Waals surface area (Å²) in [6.07, 6.45) is 3.03. The third-order valence-corrected chi connectivity index (χ3v) is 1.98. The predicted molar refractivity (Wildman–Crippen MR) is 46.2 cm³/mol. The van der Waals surface area contributed by atoms with E-state index in [1.165, 1.54) is 6.07 Å². The average molecular weight is 195 g/mol. The first-order chi connectivity index (χ1) is 6.66. The van der Waals surface area contributed by atoms with Crippen LogP contribution in [0.4, 0.5) is 0 Å². The zero-order chi connectivity index (χ0) is 10.1. The van der Waals surface area contributed by atoms with Crippen LogP contribution in [0, 0.1) is 0 Å². The van der Waals surface area contributed by atoms with Crippen LogP contribution in [0.2, 0.25) is 0 Å². The van der Waals surface area contributed by atoms with Gasteiger partial charge in [0.15, 0.2) is 5.76 Å². The first-order valence-corrected chi connectivity index (χ1v) is 4.29. The van der Waals surface area contributed by atoms with E-state index < -0.39 is 5.97 Å². The number of carboxylic acids is 1. The molecule has 0 radical (unpaired) electrons. The summed E-state index contributed by atoms with van der Waals surface area (Å²) in [5.41, 5.74) is -0.00838. The smallest absolute Gasteiger partial charge is 0.338 e. The lowest BCUT2D eigenvalue weighted by Gasteiger charge is -1.97. The molecule has 0 aromatic carbocycles. The van der Waals surface area contributed by atoms with Crippen molar-refractivity contribution in [1.29, 1.82) is 0 Å². The third kappa shape index (κ3) is 1.76. The SMILES string of the molecule is O=C(O)c1coc(C(=O)NC2CC2)c1. The Morgan fingerprint density at radius 2 is 2.21 bits per heavy atom. The Kier molecular flexibility index (Phi) is 1.99. The Bertz CT molecular complexity index is 378. The maximum Gasteiger partial charge on any atom is 0.338 e. The fourth-order valence-corrected chi connectivity index (χ4v) is 1.05. The van der Waals surface area contributed by atoms with Crippen LogP contribution in [0.1, 0.15) is 33.8 Å². The molecule has 1 saturated carbocycles. The van der Waals surface area contributed by atoms with Crippen molar-refractivity contribution < 1.29 is 19.1 Å². The molecule has 1 aromatic rings. The Morgan fingerprint density at radius 1 is 1.50 bits per heavy atom. The molecule has 1 amide bonds. The van der Waals surface area contributed by atoms with Gasteiger partial charge in [0, 0.05) is 12.1 Å². The van der Waals surface area contributed by atoms with Gasteiger partial charge < -0.3 is 14.8 Å². The van der Waals surface area contributed by atoms with Crippen LogP contribution in [0.15, 0.2) is 16.7 Å². The van der Waals surface area contributed by atoms with E-state index in [0.29, 0.717) is 0 Å². The molecule has 0 atom stereocenters. The first kappa shape index (κ1) is 8.80. The van der Waals surface area contributed by atoms with Crippen molar-refractivity contribution in [3.63, 3.8) is 0 Å². The highest BCUT2D eigenvalue weighted by molar-refractivity contribution is 5.95. The second-order valence-electron chi connectivity index (χ2n) is 3.25. The molecule has 1 heterocycles. The first-order valence-electron chi connectivity index (χ1n) is 4.29. The molecule has 1 aliphatic rings. The van der Waals surface area contributed by atoms with Gasteiger partial charge >= 0.3 is 5.97 Å². The van der Waals surface area contributed by atoms with Crippen LogP contribution in [-0.4, -0.2) is 23.0 Å². The molecule has 5 heteroatoms. The van der Waals surface area contributed by atoms with E-state index in [9.17, 15) is 9.59 Å². The molecule has 1 aliphatic carbocycles. The van der Waals surface area contributed by atoms with Crippen molar-refractivity contribution >= 4 is 11.9 Å². The van der Waals surface area contributed by atoms with E-state index in [2.05, 4.69) is 5.32 Å². The van der Waals surface area contributed by atoms with Crippen LogP contribution in [0.25, 0.3) is 0 Å². The number of carboxylic acid groups (broad SMARTS) is 1. The highest BCUT2D eigenvalue weighted by Crippen LogP contribution is 2.19. The van der Waals surface area contributed by atoms with Crippen molar-refractivity contribution in [2.45, 2.75) is 18.9 Å². The Hall–Kier alpha value is -1.78. The molecular weight excluding hydrogens is 186 g/mol. The number of carbonyl (C=O) groups excluding carboxylic acids is 1.